The van der Waals surface area contributed by atoms with E-state index in [0.717, 1.165) is 15.6 Å². The molecule has 1 aromatic carbocycles. The van der Waals surface area contributed by atoms with Gasteiger partial charge in [-0.05, 0) is 40.8 Å². The summed E-state index contributed by atoms with van der Waals surface area (Å²) in [6.45, 7) is 1.96. The average Bonchev–Trinajstić information content (AvgIpc) is 2.70. The maximum absolute atomic E-state index is 9.53. The Bertz CT molecular complexity index is 482. The molecule has 2 aromatic rings. The molecule has 5 heteroatoms. The Morgan fingerprint density at radius 1 is 1.47 bits per heavy atom. The summed E-state index contributed by atoms with van der Waals surface area (Å²) in [6, 6.07) is 5.27. The van der Waals surface area contributed by atoms with E-state index in [1.165, 1.54) is 0 Å². The fourth-order valence-electron chi connectivity index (χ4n) is 1.16. The molecule has 1 aromatic heterocycles. The van der Waals surface area contributed by atoms with E-state index in [2.05, 4.69) is 32.7 Å². The molecule has 4 nitrogen and oxygen atoms in total. The van der Waals surface area contributed by atoms with Crippen LogP contribution in [0.4, 0.5) is 0 Å². The van der Waals surface area contributed by atoms with E-state index >= 15 is 0 Å². The van der Waals surface area contributed by atoms with Gasteiger partial charge in [0.15, 0.2) is 5.82 Å². The molecule has 78 valence electrons. The van der Waals surface area contributed by atoms with Gasteiger partial charge >= 0.3 is 0 Å². The van der Waals surface area contributed by atoms with Gasteiger partial charge in [0.05, 0.1) is 3.57 Å². The minimum Gasteiger partial charge on any atom is -0.507 e. The number of hydrogen-bond donors (Lipinski definition) is 1. The summed E-state index contributed by atoms with van der Waals surface area (Å²) < 4.78 is 5.86. The number of benzene rings is 1. The number of hydrogen-bond acceptors (Lipinski definition) is 4. The van der Waals surface area contributed by atoms with E-state index in [4.69, 9.17) is 4.52 Å². The lowest BCUT2D eigenvalue weighted by molar-refractivity contribution is 0.422. The average molecular weight is 316 g/mol. The normalized spacial score (nSPS) is 10.5. The molecule has 0 atom stereocenters. The molecule has 0 unspecified atom stereocenters. The van der Waals surface area contributed by atoms with Gasteiger partial charge < -0.3 is 9.63 Å². The quantitative estimate of drug-likeness (QED) is 0.865. The lowest BCUT2D eigenvalue weighted by Gasteiger charge is -1.97. The molecule has 1 N–H and O–H groups in total. The van der Waals surface area contributed by atoms with Crippen molar-refractivity contribution >= 4 is 22.6 Å². The van der Waals surface area contributed by atoms with Gasteiger partial charge in [-0.1, -0.05) is 12.1 Å². The Kier molecular flexibility index (Phi) is 2.90. The fourth-order valence-corrected chi connectivity index (χ4v) is 1.50. The number of phenolic OH excluding ortho intramolecular Hbond substituents is 1. The maximum Gasteiger partial charge on any atom is 0.258 e. The van der Waals surface area contributed by atoms with Gasteiger partial charge in [-0.25, -0.2) is 0 Å². The van der Waals surface area contributed by atoms with Crippen molar-refractivity contribution in [3.05, 3.63) is 27.6 Å². The number of aryl methyl sites for hydroxylation is 1. The van der Waals surface area contributed by atoms with Crippen LogP contribution in [0.2, 0.25) is 0 Å². The van der Waals surface area contributed by atoms with Crippen molar-refractivity contribution < 1.29 is 9.63 Å². The lowest BCUT2D eigenvalue weighted by Crippen LogP contribution is -1.83. The van der Waals surface area contributed by atoms with Gasteiger partial charge in [-0.2, -0.15) is 4.98 Å². The molecule has 1 heterocycles. The molecule has 0 amide bonds. The SMILES string of the molecule is CCc1noc(-c2ccc(I)c(O)c2)n1. The lowest BCUT2D eigenvalue weighted by atomic mass is 10.2. The van der Waals surface area contributed by atoms with Crippen LogP contribution in [0.5, 0.6) is 5.75 Å². The number of rotatable bonds is 2. The Morgan fingerprint density at radius 2 is 2.27 bits per heavy atom. The van der Waals surface area contributed by atoms with Crippen LogP contribution in [0.25, 0.3) is 11.5 Å². The summed E-state index contributed by atoms with van der Waals surface area (Å²) in [5, 5.41) is 13.3. The zero-order valence-corrected chi connectivity index (χ0v) is 10.2. The first-order valence-electron chi connectivity index (χ1n) is 4.52. The third-order valence-corrected chi connectivity index (χ3v) is 2.89. The second kappa shape index (κ2) is 4.18. The van der Waals surface area contributed by atoms with Crippen molar-refractivity contribution in [2.24, 2.45) is 0 Å². The summed E-state index contributed by atoms with van der Waals surface area (Å²) in [5.74, 6) is 1.34. The topological polar surface area (TPSA) is 59.2 Å². The van der Waals surface area contributed by atoms with Gasteiger partial charge in [0.25, 0.3) is 5.89 Å². The highest BCUT2D eigenvalue weighted by molar-refractivity contribution is 14.1. The van der Waals surface area contributed by atoms with Crippen LogP contribution in [-0.2, 0) is 6.42 Å². The van der Waals surface area contributed by atoms with Crippen molar-refractivity contribution in [1.82, 2.24) is 10.1 Å². The molecule has 0 radical (unpaired) electrons. The first-order valence-corrected chi connectivity index (χ1v) is 5.60. The number of aromatic hydroxyl groups is 1. The molecule has 0 saturated heterocycles. The summed E-state index contributed by atoms with van der Waals surface area (Å²) in [7, 11) is 0. The molecule has 0 aliphatic heterocycles. The fraction of sp³-hybridized carbons (Fsp3) is 0.200. The second-order valence-corrected chi connectivity index (χ2v) is 4.20. The van der Waals surface area contributed by atoms with Gasteiger partial charge in [0, 0.05) is 12.0 Å². The number of nitrogens with zero attached hydrogens (tertiary/aromatic N) is 2. The maximum atomic E-state index is 9.53. The summed E-state index contributed by atoms with van der Waals surface area (Å²) >= 11 is 2.06. The van der Waals surface area contributed by atoms with Crippen molar-refractivity contribution in [3.63, 3.8) is 0 Å². The van der Waals surface area contributed by atoms with Crippen LogP contribution >= 0.6 is 22.6 Å². The van der Waals surface area contributed by atoms with Crippen LogP contribution in [-0.4, -0.2) is 15.2 Å². The first-order chi connectivity index (χ1) is 7.20. The third kappa shape index (κ3) is 2.11. The van der Waals surface area contributed by atoms with Crippen LogP contribution in [0.1, 0.15) is 12.7 Å². The second-order valence-electron chi connectivity index (χ2n) is 3.04. The van der Waals surface area contributed by atoms with Crippen LogP contribution in [0.15, 0.2) is 22.7 Å². The van der Waals surface area contributed by atoms with E-state index in [1.807, 2.05) is 13.0 Å². The van der Waals surface area contributed by atoms with Gasteiger partial charge in [0.1, 0.15) is 5.75 Å². The highest BCUT2D eigenvalue weighted by Gasteiger charge is 2.09. The number of aromatic nitrogens is 2. The number of halogens is 1. The molecule has 2 rings (SSSR count). The Hall–Kier alpha value is -1.11. The third-order valence-electron chi connectivity index (χ3n) is 1.98. The van der Waals surface area contributed by atoms with Crippen molar-refractivity contribution in [2.75, 3.05) is 0 Å². The van der Waals surface area contributed by atoms with Gasteiger partial charge in [-0.3, -0.25) is 0 Å². The van der Waals surface area contributed by atoms with Crippen molar-refractivity contribution in [2.45, 2.75) is 13.3 Å². The summed E-state index contributed by atoms with van der Waals surface area (Å²) in [5.41, 5.74) is 0.736. The monoisotopic (exact) mass is 316 g/mol. The highest BCUT2D eigenvalue weighted by Crippen LogP contribution is 2.26. The number of phenols is 1. The Balaban J connectivity index is 2.40. The zero-order valence-electron chi connectivity index (χ0n) is 8.07. The standard InChI is InChI=1S/C10H9IN2O2/c1-2-9-12-10(15-13-9)6-3-4-7(11)8(14)5-6/h3-5,14H,2H2,1H3. The minimum atomic E-state index is 0.226. The van der Waals surface area contributed by atoms with Crippen molar-refractivity contribution in [3.8, 4) is 17.2 Å². The molecule has 0 saturated carbocycles. The molecule has 0 bridgehead atoms. The smallest absolute Gasteiger partial charge is 0.258 e. The Labute approximate surface area is 100 Å². The largest absolute Gasteiger partial charge is 0.507 e. The molecule has 0 aliphatic carbocycles. The van der Waals surface area contributed by atoms with E-state index in [9.17, 15) is 5.11 Å². The molecular formula is C10H9IN2O2. The van der Waals surface area contributed by atoms with E-state index in [-0.39, 0.29) is 5.75 Å². The van der Waals surface area contributed by atoms with E-state index in [0.29, 0.717) is 11.7 Å². The minimum absolute atomic E-state index is 0.226. The van der Waals surface area contributed by atoms with Crippen molar-refractivity contribution in [1.29, 1.82) is 0 Å². The van der Waals surface area contributed by atoms with Crippen LogP contribution in [0.3, 0.4) is 0 Å². The van der Waals surface area contributed by atoms with E-state index < -0.39 is 0 Å². The highest BCUT2D eigenvalue weighted by atomic mass is 127. The first kappa shape index (κ1) is 10.4. The Morgan fingerprint density at radius 3 is 2.87 bits per heavy atom. The summed E-state index contributed by atoms with van der Waals surface area (Å²) in [4.78, 5) is 4.18. The predicted molar refractivity (Wildman–Crippen MR) is 63.5 cm³/mol. The molecule has 0 spiro atoms. The predicted octanol–water partition coefficient (Wildman–Crippen LogP) is 2.61. The zero-order chi connectivity index (χ0) is 10.8. The molecule has 15 heavy (non-hydrogen) atoms. The molecule has 0 fully saturated rings. The molecular weight excluding hydrogens is 307 g/mol. The summed E-state index contributed by atoms with van der Waals surface area (Å²) in [6.07, 6.45) is 0.736. The van der Waals surface area contributed by atoms with Crippen LogP contribution in [0, 0.1) is 3.57 Å². The van der Waals surface area contributed by atoms with Gasteiger partial charge in [-0.15, -0.1) is 0 Å². The molecule has 0 aliphatic rings. The van der Waals surface area contributed by atoms with E-state index in [1.54, 1.807) is 12.1 Å². The van der Waals surface area contributed by atoms with Crippen LogP contribution < -0.4 is 0 Å². The van der Waals surface area contributed by atoms with Gasteiger partial charge in [0.2, 0.25) is 0 Å².